The fourth-order valence-electron chi connectivity index (χ4n) is 3.30. The predicted molar refractivity (Wildman–Crippen MR) is 98.9 cm³/mol. The normalized spacial score (nSPS) is 14.7. The highest BCUT2D eigenvalue weighted by molar-refractivity contribution is 5.82. The zero-order valence-corrected chi connectivity index (χ0v) is 13.6. The standard InChI is InChI=1S/C21H20N2O/c24-21-18-13-12-17(11-10-16-7-3-1-4-8-16)15-19(18)22-20-9-5-2-6-14-23(20)21/h1,3-4,7-8,10-13,15H,2,5-6,9,14H2/b11-10+. The summed E-state index contributed by atoms with van der Waals surface area (Å²) in [5.41, 5.74) is 3.14. The SMILES string of the molecule is O=c1c2ccc(/C=C/c3ccccc3)cc2nc2n1CCCCC2. The van der Waals surface area contributed by atoms with Crippen molar-refractivity contribution >= 4 is 23.1 Å². The molecule has 0 saturated heterocycles. The molecule has 3 heteroatoms. The van der Waals surface area contributed by atoms with Crippen molar-refractivity contribution in [3.05, 3.63) is 75.8 Å². The van der Waals surface area contributed by atoms with Gasteiger partial charge in [0, 0.05) is 13.0 Å². The second kappa shape index (κ2) is 6.44. The van der Waals surface area contributed by atoms with Crippen LogP contribution in [0.5, 0.6) is 0 Å². The van der Waals surface area contributed by atoms with E-state index >= 15 is 0 Å². The first-order chi connectivity index (χ1) is 11.8. The monoisotopic (exact) mass is 316 g/mol. The molecular weight excluding hydrogens is 296 g/mol. The highest BCUT2D eigenvalue weighted by atomic mass is 16.1. The van der Waals surface area contributed by atoms with Crippen molar-refractivity contribution in [2.75, 3.05) is 0 Å². The van der Waals surface area contributed by atoms with Gasteiger partial charge in [-0.05, 0) is 36.1 Å². The Hall–Kier alpha value is -2.68. The minimum Gasteiger partial charge on any atom is -0.296 e. The maximum Gasteiger partial charge on any atom is 0.261 e. The van der Waals surface area contributed by atoms with Crippen LogP contribution in [0.15, 0.2) is 53.3 Å². The lowest BCUT2D eigenvalue weighted by Gasteiger charge is -2.10. The van der Waals surface area contributed by atoms with Crippen molar-refractivity contribution in [3.8, 4) is 0 Å². The van der Waals surface area contributed by atoms with Crippen molar-refractivity contribution in [3.63, 3.8) is 0 Å². The van der Waals surface area contributed by atoms with Crippen LogP contribution < -0.4 is 5.56 Å². The van der Waals surface area contributed by atoms with Crippen LogP contribution in [0.1, 0.15) is 36.2 Å². The summed E-state index contributed by atoms with van der Waals surface area (Å²) in [6, 6.07) is 16.1. The van der Waals surface area contributed by atoms with Crippen molar-refractivity contribution in [1.82, 2.24) is 9.55 Å². The molecule has 0 unspecified atom stereocenters. The van der Waals surface area contributed by atoms with E-state index in [1.54, 1.807) is 0 Å². The van der Waals surface area contributed by atoms with Gasteiger partial charge in [-0.3, -0.25) is 9.36 Å². The average molecular weight is 316 g/mol. The number of aromatic nitrogens is 2. The van der Waals surface area contributed by atoms with Gasteiger partial charge in [-0.2, -0.15) is 0 Å². The Morgan fingerprint density at radius 1 is 0.917 bits per heavy atom. The van der Waals surface area contributed by atoms with E-state index < -0.39 is 0 Å². The molecule has 0 atom stereocenters. The van der Waals surface area contributed by atoms with Gasteiger partial charge in [0.2, 0.25) is 0 Å². The summed E-state index contributed by atoms with van der Waals surface area (Å²) in [5.74, 6) is 0.939. The Balaban J connectivity index is 1.75. The summed E-state index contributed by atoms with van der Waals surface area (Å²) in [6.07, 6.45) is 8.40. The molecule has 24 heavy (non-hydrogen) atoms. The third-order valence-electron chi connectivity index (χ3n) is 4.61. The number of hydrogen-bond acceptors (Lipinski definition) is 2. The van der Waals surface area contributed by atoms with Crippen LogP contribution in [-0.2, 0) is 13.0 Å². The summed E-state index contributed by atoms with van der Waals surface area (Å²) in [6.45, 7) is 0.798. The van der Waals surface area contributed by atoms with Crippen LogP contribution in [0.4, 0.5) is 0 Å². The topological polar surface area (TPSA) is 34.9 Å². The first-order valence-corrected chi connectivity index (χ1v) is 8.58. The number of hydrogen-bond donors (Lipinski definition) is 0. The van der Waals surface area contributed by atoms with Gasteiger partial charge in [0.25, 0.3) is 5.56 Å². The Morgan fingerprint density at radius 3 is 2.62 bits per heavy atom. The predicted octanol–water partition coefficient (Wildman–Crippen LogP) is 4.29. The molecule has 2 aromatic carbocycles. The molecular formula is C21H20N2O. The van der Waals surface area contributed by atoms with Crippen LogP contribution in [0.3, 0.4) is 0 Å². The van der Waals surface area contributed by atoms with Crippen molar-refractivity contribution in [2.24, 2.45) is 0 Å². The van der Waals surface area contributed by atoms with Gasteiger partial charge in [0.15, 0.2) is 0 Å². The molecule has 1 aromatic heterocycles. The largest absolute Gasteiger partial charge is 0.296 e. The second-order valence-electron chi connectivity index (χ2n) is 6.32. The third kappa shape index (κ3) is 2.90. The zero-order chi connectivity index (χ0) is 16.4. The van der Waals surface area contributed by atoms with Gasteiger partial charge in [-0.1, -0.05) is 55.0 Å². The minimum atomic E-state index is 0.107. The van der Waals surface area contributed by atoms with E-state index in [9.17, 15) is 4.79 Å². The lowest BCUT2D eigenvalue weighted by molar-refractivity contribution is 0.614. The van der Waals surface area contributed by atoms with Crippen LogP contribution in [0.2, 0.25) is 0 Å². The molecule has 3 nitrogen and oxygen atoms in total. The van der Waals surface area contributed by atoms with Crippen molar-refractivity contribution in [2.45, 2.75) is 32.2 Å². The highest BCUT2D eigenvalue weighted by Gasteiger charge is 2.13. The van der Waals surface area contributed by atoms with E-state index in [0.717, 1.165) is 53.7 Å². The van der Waals surface area contributed by atoms with E-state index in [4.69, 9.17) is 4.98 Å². The number of rotatable bonds is 2. The van der Waals surface area contributed by atoms with Gasteiger partial charge < -0.3 is 0 Å². The molecule has 0 saturated carbocycles. The molecule has 2 heterocycles. The Labute approximate surface area is 141 Å². The van der Waals surface area contributed by atoms with Gasteiger partial charge in [0.05, 0.1) is 10.9 Å². The first kappa shape index (κ1) is 14.9. The molecule has 1 aliphatic rings. The number of benzene rings is 2. The van der Waals surface area contributed by atoms with Crippen LogP contribution in [0, 0.1) is 0 Å². The van der Waals surface area contributed by atoms with Crippen LogP contribution in [0.25, 0.3) is 23.1 Å². The lowest BCUT2D eigenvalue weighted by atomic mass is 10.1. The summed E-state index contributed by atoms with van der Waals surface area (Å²) in [5, 5.41) is 0.720. The molecule has 0 amide bonds. The zero-order valence-electron chi connectivity index (χ0n) is 13.6. The molecule has 3 aromatic rings. The Morgan fingerprint density at radius 2 is 1.75 bits per heavy atom. The van der Waals surface area contributed by atoms with Crippen molar-refractivity contribution < 1.29 is 0 Å². The highest BCUT2D eigenvalue weighted by Crippen LogP contribution is 2.17. The Kier molecular flexibility index (Phi) is 3.99. The Bertz CT molecular complexity index is 955. The maximum absolute atomic E-state index is 12.7. The molecule has 0 radical (unpaired) electrons. The second-order valence-corrected chi connectivity index (χ2v) is 6.32. The maximum atomic E-state index is 12.7. The van der Waals surface area contributed by atoms with Crippen LogP contribution in [-0.4, -0.2) is 9.55 Å². The molecule has 0 N–H and O–H groups in total. The molecule has 0 bridgehead atoms. The average Bonchev–Trinajstić information content (AvgIpc) is 2.86. The smallest absolute Gasteiger partial charge is 0.261 e. The first-order valence-electron chi connectivity index (χ1n) is 8.58. The van der Waals surface area contributed by atoms with Gasteiger partial charge in [-0.15, -0.1) is 0 Å². The van der Waals surface area contributed by atoms with Gasteiger partial charge in [-0.25, -0.2) is 4.98 Å². The number of fused-ring (bicyclic) bond motifs is 2. The van der Waals surface area contributed by atoms with Gasteiger partial charge >= 0.3 is 0 Å². The van der Waals surface area contributed by atoms with Gasteiger partial charge in [0.1, 0.15) is 5.82 Å². The molecule has 0 fully saturated rings. The molecule has 0 spiro atoms. The van der Waals surface area contributed by atoms with E-state index in [1.165, 1.54) is 6.42 Å². The summed E-state index contributed by atoms with van der Waals surface area (Å²) in [7, 11) is 0. The fourth-order valence-corrected chi connectivity index (χ4v) is 3.30. The number of nitrogens with zero attached hydrogens (tertiary/aromatic N) is 2. The van der Waals surface area contributed by atoms with E-state index in [2.05, 4.69) is 24.3 Å². The summed E-state index contributed by atoms with van der Waals surface area (Å²) < 4.78 is 1.87. The van der Waals surface area contributed by atoms with Crippen molar-refractivity contribution in [1.29, 1.82) is 0 Å². The molecule has 1 aliphatic heterocycles. The molecule has 4 rings (SSSR count). The fraction of sp³-hybridized carbons (Fsp3) is 0.238. The molecule has 120 valence electrons. The van der Waals surface area contributed by atoms with Crippen LogP contribution >= 0.6 is 0 Å². The van der Waals surface area contributed by atoms with E-state index in [0.29, 0.717) is 0 Å². The lowest BCUT2D eigenvalue weighted by Crippen LogP contribution is -2.24. The third-order valence-corrected chi connectivity index (χ3v) is 4.61. The minimum absolute atomic E-state index is 0.107. The van der Waals surface area contributed by atoms with E-state index in [1.807, 2.05) is 41.0 Å². The van der Waals surface area contributed by atoms with E-state index in [-0.39, 0.29) is 5.56 Å². The number of aryl methyl sites for hydroxylation is 1. The quantitative estimate of drug-likeness (QED) is 0.661. The summed E-state index contributed by atoms with van der Waals surface area (Å²) >= 11 is 0. The summed E-state index contributed by atoms with van der Waals surface area (Å²) in [4.78, 5) is 17.5. The molecule has 0 aliphatic carbocycles.